The molecular formula is C26H23ClN8. The zero-order valence-corrected chi connectivity index (χ0v) is 20.0. The maximum absolute atomic E-state index is 7.32. The van der Waals surface area contributed by atoms with Gasteiger partial charge in [0.2, 0.25) is 5.95 Å². The minimum Gasteiger partial charge on any atom is -0.336 e. The number of nitrogens with two attached hydrogens (primary N) is 1. The molecule has 3 N–H and O–H groups in total. The predicted octanol–water partition coefficient (Wildman–Crippen LogP) is 4.31. The number of fused-ring (bicyclic) bond motifs is 2. The third kappa shape index (κ3) is 3.41. The van der Waals surface area contributed by atoms with E-state index in [0.29, 0.717) is 11.0 Å². The van der Waals surface area contributed by atoms with Crippen molar-refractivity contribution in [3.8, 4) is 0 Å². The molecule has 0 aliphatic carbocycles. The van der Waals surface area contributed by atoms with Crippen molar-refractivity contribution < 1.29 is 0 Å². The van der Waals surface area contributed by atoms with Crippen molar-refractivity contribution in [3.05, 3.63) is 118 Å². The molecule has 0 fully saturated rings. The minimum absolute atomic E-state index is 0.274. The lowest BCUT2D eigenvalue weighted by Gasteiger charge is -2.34. The van der Waals surface area contributed by atoms with E-state index in [2.05, 4.69) is 63.1 Å². The van der Waals surface area contributed by atoms with Gasteiger partial charge in [-0.15, -0.1) is 0 Å². The molecule has 174 valence electrons. The number of imidazole rings is 1. The van der Waals surface area contributed by atoms with E-state index in [9.17, 15) is 0 Å². The SMILES string of the molecule is Cc1ccc(C(N)(c2ccc3c(c2)C(c2cccc(Cl)c2)n2nnnc2N3)c2cncn2C)cc1. The van der Waals surface area contributed by atoms with Crippen molar-refractivity contribution >= 4 is 23.2 Å². The second-order valence-corrected chi connectivity index (χ2v) is 9.33. The maximum Gasteiger partial charge on any atom is 0.248 e. The standard InChI is InChI=1S/C26H23ClN8/c1-16-6-8-18(9-7-16)26(28,23-14-29-15-34(23)2)19-10-11-22-21(13-19)24(17-4-3-5-20(27)12-17)35-25(30-22)31-32-33-35/h3-15,24H,28H2,1-2H3,(H,30,31,33). The molecule has 9 heteroatoms. The van der Waals surface area contributed by atoms with Gasteiger partial charge in [0.05, 0.1) is 18.2 Å². The number of benzene rings is 3. The Morgan fingerprint density at radius 1 is 1.03 bits per heavy atom. The molecule has 2 aromatic heterocycles. The van der Waals surface area contributed by atoms with Gasteiger partial charge in [-0.3, -0.25) is 0 Å². The van der Waals surface area contributed by atoms with Crippen LogP contribution in [0.1, 0.15) is 39.6 Å². The Morgan fingerprint density at radius 3 is 2.57 bits per heavy atom. The van der Waals surface area contributed by atoms with Gasteiger partial charge in [-0.1, -0.05) is 64.7 Å². The smallest absolute Gasteiger partial charge is 0.248 e. The number of halogens is 1. The Labute approximate surface area is 207 Å². The number of anilines is 2. The summed E-state index contributed by atoms with van der Waals surface area (Å²) in [6.45, 7) is 2.07. The summed E-state index contributed by atoms with van der Waals surface area (Å²) in [5.74, 6) is 0.569. The second-order valence-electron chi connectivity index (χ2n) is 8.90. The van der Waals surface area contributed by atoms with E-state index >= 15 is 0 Å². The molecule has 35 heavy (non-hydrogen) atoms. The second kappa shape index (κ2) is 8.04. The largest absolute Gasteiger partial charge is 0.336 e. The lowest BCUT2D eigenvalue weighted by molar-refractivity contribution is 0.563. The number of nitrogens with zero attached hydrogens (tertiary/aromatic N) is 6. The van der Waals surface area contributed by atoms with Gasteiger partial charge in [0, 0.05) is 23.3 Å². The first kappa shape index (κ1) is 21.5. The third-order valence-corrected chi connectivity index (χ3v) is 6.91. The number of hydrogen-bond donors (Lipinski definition) is 2. The first-order valence-corrected chi connectivity index (χ1v) is 11.6. The van der Waals surface area contributed by atoms with E-state index in [1.165, 1.54) is 5.56 Å². The van der Waals surface area contributed by atoms with Crippen LogP contribution in [0.25, 0.3) is 0 Å². The van der Waals surface area contributed by atoms with Crippen LogP contribution in [-0.2, 0) is 12.6 Å². The van der Waals surface area contributed by atoms with E-state index in [0.717, 1.165) is 33.6 Å². The zero-order valence-electron chi connectivity index (χ0n) is 19.2. The quantitative estimate of drug-likeness (QED) is 0.388. The highest BCUT2D eigenvalue weighted by molar-refractivity contribution is 6.30. The first-order chi connectivity index (χ1) is 16.9. The molecule has 3 heterocycles. The Hall–Kier alpha value is -4.01. The highest BCUT2D eigenvalue weighted by Gasteiger charge is 2.37. The average Bonchev–Trinajstić information content (AvgIpc) is 3.51. The van der Waals surface area contributed by atoms with Crippen molar-refractivity contribution in [3.63, 3.8) is 0 Å². The van der Waals surface area contributed by atoms with E-state index in [1.807, 2.05) is 54.2 Å². The van der Waals surface area contributed by atoms with Gasteiger partial charge < -0.3 is 15.6 Å². The molecule has 1 aliphatic heterocycles. The normalized spacial score (nSPS) is 16.2. The van der Waals surface area contributed by atoms with E-state index in [-0.39, 0.29) is 6.04 Å². The molecule has 0 saturated carbocycles. The molecule has 1 aliphatic rings. The summed E-state index contributed by atoms with van der Waals surface area (Å²) >= 11 is 6.37. The summed E-state index contributed by atoms with van der Waals surface area (Å²) in [6, 6.07) is 22.0. The van der Waals surface area contributed by atoms with Crippen molar-refractivity contribution in [2.24, 2.45) is 12.8 Å². The Morgan fingerprint density at radius 2 is 1.83 bits per heavy atom. The predicted molar refractivity (Wildman–Crippen MR) is 135 cm³/mol. The number of aryl methyl sites for hydroxylation is 2. The number of nitrogens with one attached hydrogen (secondary N) is 1. The Kier molecular flexibility index (Phi) is 4.94. The number of aromatic nitrogens is 6. The summed E-state index contributed by atoms with van der Waals surface area (Å²) in [4.78, 5) is 4.36. The molecule has 0 radical (unpaired) electrons. The molecule has 2 unspecified atom stereocenters. The summed E-state index contributed by atoms with van der Waals surface area (Å²) in [6.07, 6.45) is 3.60. The molecule has 5 aromatic rings. The summed E-state index contributed by atoms with van der Waals surface area (Å²) < 4.78 is 3.73. The third-order valence-electron chi connectivity index (χ3n) is 6.68. The number of rotatable bonds is 4. The summed E-state index contributed by atoms with van der Waals surface area (Å²) in [7, 11) is 1.96. The summed E-state index contributed by atoms with van der Waals surface area (Å²) in [5, 5.41) is 16.3. The highest BCUT2D eigenvalue weighted by atomic mass is 35.5. The van der Waals surface area contributed by atoms with Crippen LogP contribution in [0.3, 0.4) is 0 Å². The van der Waals surface area contributed by atoms with Crippen molar-refractivity contribution in [1.82, 2.24) is 29.8 Å². The fourth-order valence-corrected chi connectivity index (χ4v) is 5.06. The van der Waals surface area contributed by atoms with E-state index in [1.54, 1.807) is 11.0 Å². The van der Waals surface area contributed by atoms with Gasteiger partial charge in [0.15, 0.2) is 0 Å². The Balaban J connectivity index is 1.58. The van der Waals surface area contributed by atoms with Crippen LogP contribution in [0, 0.1) is 6.92 Å². The van der Waals surface area contributed by atoms with E-state index in [4.69, 9.17) is 17.3 Å². The monoisotopic (exact) mass is 482 g/mol. The van der Waals surface area contributed by atoms with Gasteiger partial charge in [-0.25, -0.2) is 4.98 Å². The van der Waals surface area contributed by atoms with Crippen molar-refractivity contribution in [2.75, 3.05) is 5.32 Å². The lowest BCUT2D eigenvalue weighted by Crippen LogP contribution is -2.41. The molecular weight excluding hydrogens is 460 g/mol. The van der Waals surface area contributed by atoms with Crippen LogP contribution in [-0.4, -0.2) is 29.8 Å². The van der Waals surface area contributed by atoms with Crippen LogP contribution in [0.4, 0.5) is 11.6 Å². The van der Waals surface area contributed by atoms with Gasteiger partial charge in [-0.05, 0) is 58.3 Å². The van der Waals surface area contributed by atoms with Gasteiger partial charge in [0.1, 0.15) is 11.6 Å². The molecule has 8 nitrogen and oxygen atoms in total. The molecule has 2 atom stereocenters. The van der Waals surface area contributed by atoms with E-state index < -0.39 is 5.54 Å². The number of tetrazole rings is 1. The lowest BCUT2D eigenvalue weighted by atomic mass is 9.79. The molecule has 0 amide bonds. The van der Waals surface area contributed by atoms with Crippen LogP contribution in [0.2, 0.25) is 5.02 Å². The van der Waals surface area contributed by atoms with Crippen LogP contribution in [0.5, 0.6) is 0 Å². The molecule has 0 bridgehead atoms. The fourth-order valence-electron chi connectivity index (χ4n) is 4.86. The van der Waals surface area contributed by atoms with Crippen LogP contribution < -0.4 is 11.1 Å². The van der Waals surface area contributed by atoms with Crippen LogP contribution in [0.15, 0.2) is 79.3 Å². The van der Waals surface area contributed by atoms with Gasteiger partial charge in [0.25, 0.3) is 0 Å². The maximum atomic E-state index is 7.32. The fraction of sp³-hybridized carbons (Fsp3) is 0.154. The first-order valence-electron chi connectivity index (χ1n) is 11.2. The molecule has 0 saturated heterocycles. The van der Waals surface area contributed by atoms with Crippen molar-refractivity contribution in [2.45, 2.75) is 18.5 Å². The average molecular weight is 483 g/mol. The molecule has 0 spiro atoms. The number of hydrogen-bond acceptors (Lipinski definition) is 6. The van der Waals surface area contributed by atoms with Crippen molar-refractivity contribution in [1.29, 1.82) is 0 Å². The van der Waals surface area contributed by atoms with Crippen LogP contribution >= 0.6 is 11.6 Å². The zero-order chi connectivity index (χ0) is 24.2. The summed E-state index contributed by atoms with van der Waals surface area (Å²) in [5.41, 5.74) is 13.2. The topological polar surface area (TPSA) is 99.5 Å². The van der Waals surface area contributed by atoms with Gasteiger partial charge >= 0.3 is 0 Å². The molecule has 3 aromatic carbocycles. The minimum atomic E-state index is -0.937. The Bertz CT molecular complexity index is 1540. The van der Waals surface area contributed by atoms with Gasteiger partial charge in [-0.2, -0.15) is 4.68 Å². The molecule has 6 rings (SSSR count). The highest BCUT2D eigenvalue weighted by Crippen LogP contribution is 2.42.